The molecule has 4 rings (SSSR count). The SMILES string of the molecule is O=C(O)C(F)(F)F.O=C1CN(c2ncc(Cl)cc2F)C(=O)C2(CNC2)N1Cc1ccc(C(F)(F)F)cc1. The van der Waals surface area contributed by atoms with Crippen LogP contribution in [0.3, 0.4) is 0 Å². The molecule has 2 N–H and O–H groups in total. The van der Waals surface area contributed by atoms with Crippen LogP contribution in [-0.2, 0) is 27.1 Å². The number of amides is 2. The van der Waals surface area contributed by atoms with E-state index in [0.717, 1.165) is 23.1 Å². The summed E-state index contributed by atoms with van der Waals surface area (Å²) in [6, 6.07) is 5.40. The number of carboxylic acid groups (broad SMARTS) is 1. The Hall–Kier alpha value is -3.46. The summed E-state index contributed by atoms with van der Waals surface area (Å²) in [6.07, 6.45) is -8.37. The highest BCUT2D eigenvalue weighted by molar-refractivity contribution is 6.30. The number of hydrogen-bond donors (Lipinski definition) is 2. The predicted molar refractivity (Wildman–Crippen MR) is 113 cm³/mol. The summed E-state index contributed by atoms with van der Waals surface area (Å²) in [6.45, 7) is -0.199. The number of aliphatic carboxylic acids is 1. The van der Waals surface area contributed by atoms with Gasteiger partial charge in [0, 0.05) is 25.8 Å². The molecule has 2 saturated heterocycles. The molecule has 3 heterocycles. The number of halogens is 8. The number of nitrogens with zero attached hydrogens (tertiary/aromatic N) is 3. The summed E-state index contributed by atoms with van der Waals surface area (Å²) in [4.78, 5) is 41.2. The van der Waals surface area contributed by atoms with Gasteiger partial charge in [-0.25, -0.2) is 14.2 Å². The highest BCUT2D eigenvalue weighted by Gasteiger charge is 2.57. The third-order valence-electron chi connectivity index (χ3n) is 5.50. The maximum absolute atomic E-state index is 14.3. The minimum atomic E-state index is -5.08. The second-order valence-electron chi connectivity index (χ2n) is 7.96. The van der Waals surface area contributed by atoms with Gasteiger partial charge in [-0.05, 0) is 23.8 Å². The van der Waals surface area contributed by atoms with Crippen molar-refractivity contribution in [3.63, 3.8) is 0 Å². The minimum Gasteiger partial charge on any atom is -0.475 e. The zero-order valence-electron chi connectivity index (χ0n) is 18.3. The molecule has 37 heavy (non-hydrogen) atoms. The lowest BCUT2D eigenvalue weighted by Gasteiger charge is -2.53. The van der Waals surface area contributed by atoms with E-state index in [4.69, 9.17) is 21.5 Å². The van der Waals surface area contributed by atoms with Crippen LogP contribution in [0.1, 0.15) is 11.1 Å². The maximum Gasteiger partial charge on any atom is 0.490 e. The summed E-state index contributed by atoms with van der Waals surface area (Å²) < 4.78 is 84.4. The van der Waals surface area contributed by atoms with Crippen LogP contribution in [0.2, 0.25) is 5.02 Å². The van der Waals surface area contributed by atoms with Crippen LogP contribution in [0, 0.1) is 5.82 Å². The molecule has 1 spiro atoms. The van der Waals surface area contributed by atoms with Gasteiger partial charge in [0.25, 0.3) is 5.91 Å². The van der Waals surface area contributed by atoms with Gasteiger partial charge in [-0.3, -0.25) is 14.5 Å². The van der Waals surface area contributed by atoms with Crippen LogP contribution < -0.4 is 10.2 Å². The molecule has 0 unspecified atom stereocenters. The van der Waals surface area contributed by atoms with E-state index in [2.05, 4.69) is 10.3 Å². The van der Waals surface area contributed by atoms with Crippen molar-refractivity contribution >= 4 is 35.2 Å². The van der Waals surface area contributed by atoms with Crippen molar-refractivity contribution < 1.29 is 50.2 Å². The zero-order valence-corrected chi connectivity index (χ0v) is 19.1. The van der Waals surface area contributed by atoms with E-state index in [1.54, 1.807) is 0 Å². The quantitative estimate of drug-likeness (QED) is 0.563. The number of nitrogens with one attached hydrogen (secondary N) is 1. The van der Waals surface area contributed by atoms with Crippen molar-refractivity contribution in [2.24, 2.45) is 0 Å². The molecule has 0 saturated carbocycles. The van der Waals surface area contributed by atoms with Crippen LogP contribution in [-0.4, -0.2) is 64.1 Å². The number of benzene rings is 1. The lowest BCUT2D eigenvalue weighted by Crippen LogP contribution is -2.80. The Kier molecular flexibility index (Phi) is 7.69. The van der Waals surface area contributed by atoms with Gasteiger partial charge in [0.1, 0.15) is 12.1 Å². The number of carbonyl (C=O) groups excluding carboxylic acids is 2. The van der Waals surface area contributed by atoms with Gasteiger partial charge in [0.05, 0.1) is 10.6 Å². The van der Waals surface area contributed by atoms with Crippen LogP contribution in [0.5, 0.6) is 0 Å². The van der Waals surface area contributed by atoms with Gasteiger partial charge in [0.2, 0.25) is 5.91 Å². The highest BCUT2D eigenvalue weighted by atomic mass is 35.5. The molecule has 2 amide bonds. The molecular formula is C21H16ClF7N4O4. The number of piperazine rings is 1. The summed E-state index contributed by atoms with van der Waals surface area (Å²) >= 11 is 5.71. The average Bonchev–Trinajstić information content (AvgIpc) is 2.75. The van der Waals surface area contributed by atoms with Crippen molar-refractivity contribution in [2.75, 3.05) is 24.5 Å². The van der Waals surface area contributed by atoms with E-state index < -0.39 is 53.6 Å². The smallest absolute Gasteiger partial charge is 0.475 e. The molecule has 0 atom stereocenters. The topological polar surface area (TPSA) is 103 Å². The Labute approximate surface area is 208 Å². The number of carbonyl (C=O) groups is 3. The van der Waals surface area contributed by atoms with Gasteiger partial charge >= 0.3 is 18.3 Å². The first-order chi connectivity index (χ1) is 17.1. The van der Waals surface area contributed by atoms with E-state index in [-0.39, 0.29) is 30.5 Å². The number of hydrogen-bond acceptors (Lipinski definition) is 5. The van der Waals surface area contributed by atoms with E-state index in [1.807, 2.05) is 0 Å². The molecule has 0 bridgehead atoms. The monoisotopic (exact) mass is 556 g/mol. The van der Waals surface area contributed by atoms with E-state index in [9.17, 15) is 40.3 Å². The fourth-order valence-corrected chi connectivity index (χ4v) is 3.74. The van der Waals surface area contributed by atoms with E-state index in [0.29, 0.717) is 5.56 Å². The van der Waals surface area contributed by atoms with Gasteiger partial charge in [0.15, 0.2) is 11.6 Å². The standard InChI is InChI=1S/C19H15ClF4N4O2.C2HF3O2/c20-13-5-14(21)16(26-6-13)27-8-15(29)28(18(17(27)30)9-25-10-18)7-11-1-3-12(4-2-11)19(22,23)24;3-2(4,5)1(6)7/h1-6,25H,7-10H2;(H,6,7). The normalized spacial score (nSPS) is 17.3. The lowest BCUT2D eigenvalue weighted by molar-refractivity contribution is -0.192. The molecule has 2 aromatic rings. The molecule has 8 nitrogen and oxygen atoms in total. The number of alkyl halides is 6. The second-order valence-corrected chi connectivity index (χ2v) is 8.40. The number of anilines is 1. The molecule has 1 aromatic heterocycles. The third kappa shape index (κ3) is 5.93. The summed E-state index contributed by atoms with van der Waals surface area (Å²) in [5, 5.41) is 10.1. The predicted octanol–water partition coefficient (Wildman–Crippen LogP) is 3.24. The van der Waals surface area contributed by atoms with Gasteiger partial charge in [-0.1, -0.05) is 23.7 Å². The number of carboxylic acids is 1. The van der Waals surface area contributed by atoms with Crippen molar-refractivity contribution in [3.05, 3.63) is 58.5 Å². The largest absolute Gasteiger partial charge is 0.490 e. The molecule has 0 radical (unpaired) electrons. The van der Waals surface area contributed by atoms with Gasteiger partial charge in [-0.2, -0.15) is 26.3 Å². The molecule has 0 aliphatic carbocycles. The van der Waals surface area contributed by atoms with Crippen LogP contribution in [0.15, 0.2) is 36.5 Å². The van der Waals surface area contributed by atoms with Crippen molar-refractivity contribution in [2.45, 2.75) is 24.4 Å². The Morgan fingerprint density at radius 1 is 1.11 bits per heavy atom. The average molecular weight is 557 g/mol. The summed E-state index contributed by atoms with van der Waals surface area (Å²) in [5.41, 5.74) is -1.62. The van der Waals surface area contributed by atoms with Crippen molar-refractivity contribution in [3.8, 4) is 0 Å². The van der Waals surface area contributed by atoms with Crippen LogP contribution in [0.4, 0.5) is 36.6 Å². The van der Waals surface area contributed by atoms with Crippen LogP contribution >= 0.6 is 11.6 Å². The minimum absolute atomic E-state index is 0.0469. The number of aromatic nitrogens is 1. The fraction of sp³-hybridized carbons (Fsp3) is 0.333. The molecule has 16 heteroatoms. The molecule has 1 aromatic carbocycles. The Bertz CT molecular complexity index is 1200. The fourth-order valence-electron chi connectivity index (χ4n) is 3.60. The third-order valence-corrected chi connectivity index (χ3v) is 5.70. The van der Waals surface area contributed by atoms with Crippen molar-refractivity contribution in [1.29, 1.82) is 0 Å². The van der Waals surface area contributed by atoms with E-state index >= 15 is 0 Å². The first kappa shape index (κ1) is 28.1. The Morgan fingerprint density at radius 3 is 2.11 bits per heavy atom. The lowest BCUT2D eigenvalue weighted by atomic mass is 9.85. The number of rotatable bonds is 3. The van der Waals surface area contributed by atoms with Crippen LogP contribution in [0.25, 0.3) is 0 Å². The molecule has 2 aliphatic rings. The maximum atomic E-state index is 14.3. The number of pyridine rings is 1. The molecule has 200 valence electrons. The van der Waals surface area contributed by atoms with Gasteiger partial charge in [-0.15, -0.1) is 0 Å². The first-order valence-electron chi connectivity index (χ1n) is 10.2. The highest BCUT2D eigenvalue weighted by Crippen LogP contribution is 2.34. The Balaban J connectivity index is 0.000000479. The molecular weight excluding hydrogens is 541 g/mol. The van der Waals surface area contributed by atoms with E-state index in [1.165, 1.54) is 23.2 Å². The van der Waals surface area contributed by atoms with Gasteiger partial charge < -0.3 is 15.3 Å². The molecule has 2 fully saturated rings. The van der Waals surface area contributed by atoms with Crippen molar-refractivity contribution in [1.82, 2.24) is 15.2 Å². The summed E-state index contributed by atoms with van der Waals surface area (Å²) in [7, 11) is 0. The second kappa shape index (κ2) is 10.1. The zero-order chi connectivity index (χ0) is 27.8. The summed E-state index contributed by atoms with van der Waals surface area (Å²) in [5.74, 6) is -4.86. The molecule has 2 aliphatic heterocycles. The Morgan fingerprint density at radius 2 is 1.68 bits per heavy atom. The first-order valence-corrected chi connectivity index (χ1v) is 10.5.